The highest BCUT2D eigenvalue weighted by Gasteiger charge is 2.37. The second-order valence-corrected chi connectivity index (χ2v) is 7.43. The molecule has 1 N–H and O–H groups in total. The fourth-order valence-electron chi connectivity index (χ4n) is 3.27. The van der Waals surface area contributed by atoms with Crippen LogP contribution in [-0.4, -0.2) is 29.6 Å². The van der Waals surface area contributed by atoms with E-state index in [1.807, 2.05) is 17.9 Å². The van der Waals surface area contributed by atoms with Gasteiger partial charge in [0.25, 0.3) is 5.91 Å². The van der Waals surface area contributed by atoms with E-state index in [4.69, 9.17) is 0 Å². The largest absolute Gasteiger partial charge is 0.317 e. The Kier molecular flexibility index (Phi) is 6.61. The molecule has 1 aliphatic rings. The van der Waals surface area contributed by atoms with Crippen LogP contribution >= 0.6 is 0 Å². The second-order valence-electron chi connectivity index (χ2n) is 7.43. The van der Waals surface area contributed by atoms with Gasteiger partial charge in [0.15, 0.2) is 0 Å². The predicted molar refractivity (Wildman–Crippen MR) is 101 cm³/mol. The van der Waals surface area contributed by atoms with E-state index in [9.17, 15) is 4.79 Å². The Balaban J connectivity index is 2.00. The zero-order chi connectivity index (χ0) is 17.7. The fourth-order valence-corrected chi connectivity index (χ4v) is 3.27. The molecule has 0 aromatic heterocycles. The van der Waals surface area contributed by atoms with Crippen LogP contribution in [0.15, 0.2) is 41.5 Å². The lowest BCUT2D eigenvalue weighted by Gasteiger charge is -2.33. The molecule has 1 amide bonds. The SMILES string of the molecule is CC1=C(C)[C@H](NCCC(C)C)N([C@@H](C)CCc2ccccc2)C1=O. The number of nitrogens with one attached hydrogen (secondary N) is 1. The number of amides is 1. The Hall–Kier alpha value is -1.61. The van der Waals surface area contributed by atoms with Crippen molar-refractivity contribution in [3.05, 3.63) is 47.0 Å². The highest BCUT2D eigenvalue weighted by Crippen LogP contribution is 2.27. The molecule has 3 nitrogen and oxygen atoms in total. The summed E-state index contributed by atoms with van der Waals surface area (Å²) in [7, 11) is 0. The lowest BCUT2D eigenvalue weighted by atomic mass is 10.0. The smallest absolute Gasteiger partial charge is 0.251 e. The first-order valence-electron chi connectivity index (χ1n) is 9.19. The van der Waals surface area contributed by atoms with Gasteiger partial charge in [-0.3, -0.25) is 10.1 Å². The van der Waals surface area contributed by atoms with Gasteiger partial charge in [0.05, 0.1) is 0 Å². The highest BCUT2D eigenvalue weighted by atomic mass is 16.2. The standard InChI is InChI=1S/C21H32N2O/c1-15(2)13-14-22-20-17(4)18(5)21(24)23(20)16(3)11-12-19-9-7-6-8-10-19/h6-10,15-16,20,22H,11-14H2,1-5H3/t16-,20+/m0/s1. The molecule has 1 aromatic carbocycles. The van der Waals surface area contributed by atoms with E-state index < -0.39 is 0 Å². The van der Waals surface area contributed by atoms with Gasteiger partial charge in [-0.25, -0.2) is 0 Å². The van der Waals surface area contributed by atoms with Crippen LogP contribution in [0.3, 0.4) is 0 Å². The maximum Gasteiger partial charge on any atom is 0.251 e. The summed E-state index contributed by atoms with van der Waals surface area (Å²) in [6, 6.07) is 10.7. The number of benzene rings is 1. The zero-order valence-corrected chi connectivity index (χ0v) is 15.8. The Bertz CT molecular complexity index is 577. The molecule has 2 atom stereocenters. The van der Waals surface area contributed by atoms with Crippen LogP contribution in [0.2, 0.25) is 0 Å². The average Bonchev–Trinajstić information content (AvgIpc) is 2.77. The second kappa shape index (κ2) is 8.48. The molecule has 24 heavy (non-hydrogen) atoms. The Morgan fingerprint density at radius 2 is 1.75 bits per heavy atom. The van der Waals surface area contributed by atoms with Crippen LogP contribution in [0.4, 0.5) is 0 Å². The van der Waals surface area contributed by atoms with Gasteiger partial charge in [-0.1, -0.05) is 44.2 Å². The van der Waals surface area contributed by atoms with Crippen molar-refractivity contribution in [3.8, 4) is 0 Å². The van der Waals surface area contributed by atoms with Crippen molar-refractivity contribution in [2.45, 2.75) is 66.1 Å². The van der Waals surface area contributed by atoms with E-state index in [1.165, 1.54) is 11.1 Å². The maximum atomic E-state index is 12.7. The molecule has 0 unspecified atom stereocenters. The summed E-state index contributed by atoms with van der Waals surface area (Å²) in [5.41, 5.74) is 3.42. The van der Waals surface area contributed by atoms with Gasteiger partial charge in [0, 0.05) is 11.6 Å². The normalized spacial score (nSPS) is 19.5. The van der Waals surface area contributed by atoms with Crippen molar-refractivity contribution in [2.24, 2.45) is 5.92 Å². The number of carbonyl (C=O) groups excluding carboxylic acids is 1. The summed E-state index contributed by atoms with van der Waals surface area (Å²) >= 11 is 0. The summed E-state index contributed by atoms with van der Waals surface area (Å²) in [6.07, 6.45) is 3.17. The minimum atomic E-state index is 0.0574. The molecule has 0 bridgehead atoms. The summed E-state index contributed by atoms with van der Waals surface area (Å²) in [6.45, 7) is 11.6. The van der Waals surface area contributed by atoms with Crippen LogP contribution in [0.5, 0.6) is 0 Å². The molecule has 0 spiro atoms. The van der Waals surface area contributed by atoms with Crippen LogP contribution in [0.1, 0.15) is 53.0 Å². The Morgan fingerprint density at radius 1 is 1.08 bits per heavy atom. The van der Waals surface area contributed by atoms with Crippen molar-refractivity contribution >= 4 is 5.91 Å². The molecule has 1 aliphatic heterocycles. The van der Waals surface area contributed by atoms with Crippen molar-refractivity contribution in [2.75, 3.05) is 6.54 Å². The van der Waals surface area contributed by atoms with Crippen molar-refractivity contribution in [1.29, 1.82) is 0 Å². The summed E-state index contributed by atoms with van der Waals surface area (Å²) in [5, 5.41) is 3.60. The minimum Gasteiger partial charge on any atom is -0.317 e. The summed E-state index contributed by atoms with van der Waals surface area (Å²) in [5.74, 6) is 0.860. The highest BCUT2D eigenvalue weighted by molar-refractivity contribution is 5.97. The predicted octanol–water partition coefficient (Wildman–Crippen LogP) is 4.15. The lowest BCUT2D eigenvalue weighted by molar-refractivity contribution is -0.129. The summed E-state index contributed by atoms with van der Waals surface area (Å²) < 4.78 is 0. The quantitative estimate of drug-likeness (QED) is 0.777. The average molecular weight is 328 g/mol. The Labute approximate surface area is 147 Å². The number of hydrogen-bond acceptors (Lipinski definition) is 2. The number of hydrogen-bond donors (Lipinski definition) is 1. The van der Waals surface area contributed by atoms with Gasteiger partial charge in [-0.05, 0) is 63.6 Å². The molecular formula is C21H32N2O. The molecule has 0 aliphatic carbocycles. The first-order valence-corrected chi connectivity index (χ1v) is 9.19. The van der Waals surface area contributed by atoms with Crippen LogP contribution in [0, 0.1) is 5.92 Å². The molecule has 2 rings (SSSR count). The van der Waals surface area contributed by atoms with E-state index in [0.29, 0.717) is 5.92 Å². The van der Waals surface area contributed by atoms with E-state index in [2.05, 4.69) is 57.3 Å². The number of rotatable bonds is 8. The molecular weight excluding hydrogens is 296 g/mol. The first kappa shape index (κ1) is 18.7. The van der Waals surface area contributed by atoms with E-state index in [-0.39, 0.29) is 18.1 Å². The van der Waals surface area contributed by atoms with Crippen molar-refractivity contribution in [3.63, 3.8) is 0 Å². The third-order valence-electron chi connectivity index (χ3n) is 5.06. The fraction of sp³-hybridized carbons (Fsp3) is 0.571. The van der Waals surface area contributed by atoms with E-state index >= 15 is 0 Å². The molecule has 0 radical (unpaired) electrons. The van der Waals surface area contributed by atoms with Gasteiger partial charge in [-0.15, -0.1) is 0 Å². The molecule has 0 fully saturated rings. The monoisotopic (exact) mass is 328 g/mol. The molecule has 3 heteroatoms. The van der Waals surface area contributed by atoms with Crippen LogP contribution < -0.4 is 5.32 Å². The maximum absolute atomic E-state index is 12.7. The van der Waals surface area contributed by atoms with Gasteiger partial charge >= 0.3 is 0 Å². The molecule has 1 aromatic rings. The van der Waals surface area contributed by atoms with Crippen LogP contribution in [-0.2, 0) is 11.2 Å². The number of carbonyl (C=O) groups is 1. The summed E-state index contributed by atoms with van der Waals surface area (Å²) in [4.78, 5) is 14.8. The lowest BCUT2D eigenvalue weighted by Crippen LogP contribution is -2.50. The third kappa shape index (κ3) is 4.47. The van der Waals surface area contributed by atoms with Crippen LogP contribution in [0.25, 0.3) is 0 Å². The molecule has 132 valence electrons. The minimum absolute atomic E-state index is 0.0574. The van der Waals surface area contributed by atoms with Gasteiger partial charge in [0.2, 0.25) is 0 Å². The number of aryl methyl sites for hydroxylation is 1. The van der Waals surface area contributed by atoms with Gasteiger partial charge in [0.1, 0.15) is 6.17 Å². The molecule has 0 saturated carbocycles. The first-order chi connectivity index (χ1) is 11.4. The third-order valence-corrected chi connectivity index (χ3v) is 5.06. The van der Waals surface area contributed by atoms with Crippen molar-refractivity contribution < 1.29 is 4.79 Å². The van der Waals surface area contributed by atoms with Gasteiger partial charge in [-0.2, -0.15) is 0 Å². The Morgan fingerprint density at radius 3 is 2.38 bits per heavy atom. The topological polar surface area (TPSA) is 32.3 Å². The van der Waals surface area contributed by atoms with Crippen molar-refractivity contribution in [1.82, 2.24) is 10.2 Å². The van der Waals surface area contributed by atoms with Gasteiger partial charge < -0.3 is 4.90 Å². The molecule has 0 saturated heterocycles. The number of nitrogens with zero attached hydrogens (tertiary/aromatic N) is 1. The van der Waals surface area contributed by atoms with E-state index in [1.54, 1.807) is 0 Å². The zero-order valence-electron chi connectivity index (χ0n) is 15.8. The molecule has 1 heterocycles. The van der Waals surface area contributed by atoms with E-state index in [0.717, 1.165) is 31.4 Å².